The van der Waals surface area contributed by atoms with Crippen LogP contribution in [0.25, 0.3) is 0 Å². The minimum Gasteiger partial charge on any atom is -0.389 e. The van der Waals surface area contributed by atoms with Gasteiger partial charge in [0.2, 0.25) is 0 Å². The Kier molecular flexibility index (Phi) is 3.68. The summed E-state index contributed by atoms with van der Waals surface area (Å²) < 4.78 is 0. The summed E-state index contributed by atoms with van der Waals surface area (Å²) >= 11 is 0. The second-order valence-corrected chi connectivity index (χ2v) is 5.49. The first-order valence-corrected chi connectivity index (χ1v) is 6.70. The van der Waals surface area contributed by atoms with Crippen LogP contribution in [0.15, 0.2) is 0 Å². The molecule has 0 aliphatic heterocycles. The maximum absolute atomic E-state index is 10.4. The Bertz CT molecular complexity index is 195. The zero-order valence-corrected chi connectivity index (χ0v) is 10.0. The Labute approximate surface area is 93.7 Å². The third-order valence-electron chi connectivity index (χ3n) is 4.13. The summed E-state index contributed by atoms with van der Waals surface area (Å²) in [5.41, 5.74) is -0.342. The first kappa shape index (κ1) is 11.4. The van der Waals surface area contributed by atoms with E-state index in [1.54, 1.807) is 0 Å². The fourth-order valence-corrected chi connectivity index (χ4v) is 3.00. The van der Waals surface area contributed by atoms with Crippen LogP contribution in [-0.2, 0) is 0 Å². The second-order valence-electron chi connectivity index (χ2n) is 5.49. The smallest absolute Gasteiger partial charge is 0.0774 e. The van der Waals surface area contributed by atoms with Crippen molar-refractivity contribution >= 4 is 0 Å². The zero-order valence-electron chi connectivity index (χ0n) is 10.0. The Hall–Kier alpha value is -0.0800. The normalized spacial score (nSPS) is 25.8. The average molecular weight is 211 g/mol. The molecule has 2 fully saturated rings. The van der Waals surface area contributed by atoms with E-state index in [9.17, 15) is 5.11 Å². The predicted octanol–water partition coefficient (Wildman–Crippen LogP) is 2.56. The van der Waals surface area contributed by atoms with Gasteiger partial charge in [-0.2, -0.15) is 0 Å². The molecule has 2 saturated carbocycles. The van der Waals surface area contributed by atoms with Gasteiger partial charge in [-0.1, -0.05) is 26.2 Å². The summed E-state index contributed by atoms with van der Waals surface area (Å²) in [4.78, 5) is 2.55. The molecule has 0 aromatic carbocycles. The highest BCUT2D eigenvalue weighted by atomic mass is 16.3. The van der Waals surface area contributed by atoms with Gasteiger partial charge in [-0.05, 0) is 38.6 Å². The van der Waals surface area contributed by atoms with E-state index in [-0.39, 0.29) is 5.60 Å². The van der Waals surface area contributed by atoms with Crippen molar-refractivity contribution in [2.45, 2.75) is 69.9 Å². The van der Waals surface area contributed by atoms with Crippen LogP contribution >= 0.6 is 0 Å². The molecular formula is C13H25NO. The van der Waals surface area contributed by atoms with E-state index < -0.39 is 0 Å². The van der Waals surface area contributed by atoms with E-state index in [1.165, 1.54) is 45.1 Å². The molecule has 0 amide bonds. The van der Waals surface area contributed by atoms with Crippen LogP contribution in [0.5, 0.6) is 0 Å². The monoisotopic (exact) mass is 211 g/mol. The largest absolute Gasteiger partial charge is 0.389 e. The van der Waals surface area contributed by atoms with Gasteiger partial charge in [-0.25, -0.2) is 0 Å². The molecule has 2 nitrogen and oxygen atoms in total. The molecule has 0 unspecified atom stereocenters. The molecule has 0 bridgehead atoms. The van der Waals surface area contributed by atoms with Crippen LogP contribution in [0.1, 0.15) is 58.3 Å². The molecular weight excluding hydrogens is 186 g/mol. The lowest BCUT2D eigenvalue weighted by atomic mass is 9.89. The van der Waals surface area contributed by atoms with E-state index in [0.717, 1.165) is 25.4 Å². The Morgan fingerprint density at radius 2 is 1.87 bits per heavy atom. The van der Waals surface area contributed by atoms with Crippen LogP contribution in [0, 0.1) is 0 Å². The number of nitrogens with zero attached hydrogens (tertiary/aromatic N) is 1. The van der Waals surface area contributed by atoms with E-state index in [2.05, 4.69) is 11.8 Å². The highest BCUT2D eigenvalue weighted by Gasteiger charge is 2.35. The lowest BCUT2D eigenvalue weighted by molar-refractivity contribution is -0.0156. The predicted molar refractivity (Wildman–Crippen MR) is 62.9 cm³/mol. The molecule has 0 spiro atoms. The Balaban J connectivity index is 1.86. The molecule has 15 heavy (non-hydrogen) atoms. The number of hydrogen-bond donors (Lipinski definition) is 1. The Morgan fingerprint density at radius 1 is 1.20 bits per heavy atom. The van der Waals surface area contributed by atoms with E-state index in [4.69, 9.17) is 0 Å². The second kappa shape index (κ2) is 4.84. The van der Waals surface area contributed by atoms with Crippen molar-refractivity contribution in [1.82, 2.24) is 4.90 Å². The standard InChI is InChI=1S/C13H25NO/c1-2-10-14(12-6-5-7-12)11-13(15)8-3-4-9-13/h12,15H,2-11H2,1H3. The number of rotatable bonds is 5. The molecule has 0 saturated heterocycles. The van der Waals surface area contributed by atoms with Gasteiger partial charge in [0.15, 0.2) is 0 Å². The molecule has 2 aliphatic rings. The summed E-state index contributed by atoms with van der Waals surface area (Å²) in [6.07, 6.45) is 9.82. The minimum absolute atomic E-state index is 0.342. The molecule has 0 radical (unpaired) electrons. The topological polar surface area (TPSA) is 23.5 Å². The van der Waals surface area contributed by atoms with Crippen LogP contribution in [0.3, 0.4) is 0 Å². The first-order valence-electron chi connectivity index (χ1n) is 6.70. The van der Waals surface area contributed by atoms with Crippen LogP contribution in [0.4, 0.5) is 0 Å². The fourth-order valence-electron chi connectivity index (χ4n) is 3.00. The highest BCUT2D eigenvalue weighted by molar-refractivity contribution is 4.90. The van der Waals surface area contributed by atoms with Crippen molar-refractivity contribution < 1.29 is 5.11 Å². The van der Waals surface area contributed by atoms with Gasteiger partial charge in [0.25, 0.3) is 0 Å². The average Bonchev–Trinajstić information content (AvgIpc) is 2.49. The van der Waals surface area contributed by atoms with Crippen LogP contribution in [0.2, 0.25) is 0 Å². The highest BCUT2D eigenvalue weighted by Crippen LogP contribution is 2.33. The fraction of sp³-hybridized carbons (Fsp3) is 1.00. The molecule has 0 aromatic heterocycles. The molecule has 2 aliphatic carbocycles. The molecule has 0 atom stereocenters. The molecule has 1 N–H and O–H groups in total. The number of aliphatic hydroxyl groups is 1. The Morgan fingerprint density at radius 3 is 2.33 bits per heavy atom. The molecule has 2 heteroatoms. The van der Waals surface area contributed by atoms with Crippen molar-refractivity contribution in [2.75, 3.05) is 13.1 Å². The van der Waals surface area contributed by atoms with Gasteiger partial charge < -0.3 is 5.11 Å². The van der Waals surface area contributed by atoms with Crippen molar-refractivity contribution in [3.8, 4) is 0 Å². The van der Waals surface area contributed by atoms with E-state index >= 15 is 0 Å². The SMILES string of the molecule is CCCN(CC1(O)CCCC1)C1CCC1. The summed E-state index contributed by atoms with van der Waals surface area (Å²) in [6, 6.07) is 0.787. The van der Waals surface area contributed by atoms with Gasteiger partial charge in [-0.15, -0.1) is 0 Å². The van der Waals surface area contributed by atoms with Crippen molar-refractivity contribution in [1.29, 1.82) is 0 Å². The summed E-state index contributed by atoms with van der Waals surface area (Å²) in [5, 5.41) is 10.4. The third-order valence-corrected chi connectivity index (χ3v) is 4.13. The van der Waals surface area contributed by atoms with Crippen molar-refractivity contribution in [2.24, 2.45) is 0 Å². The van der Waals surface area contributed by atoms with Crippen molar-refractivity contribution in [3.63, 3.8) is 0 Å². The quantitative estimate of drug-likeness (QED) is 0.755. The first-order chi connectivity index (χ1) is 7.23. The van der Waals surface area contributed by atoms with E-state index in [1.807, 2.05) is 0 Å². The third kappa shape index (κ3) is 2.73. The van der Waals surface area contributed by atoms with Gasteiger partial charge >= 0.3 is 0 Å². The lowest BCUT2D eigenvalue weighted by Gasteiger charge is -2.41. The molecule has 0 aromatic rings. The molecule has 0 heterocycles. The van der Waals surface area contributed by atoms with Crippen LogP contribution in [-0.4, -0.2) is 34.7 Å². The lowest BCUT2D eigenvalue weighted by Crippen LogP contribution is -2.48. The van der Waals surface area contributed by atoms with Gasteiger partial charge in [0.1, 0.15) is 0 Å². The minimum atomic E-state index is -0.342. The van der Waals surface area contributed by atoms with Crippen molar-refractivity contribution in [3.05, 3.63) is 0 Å². The maximum atomic E-state index is 10.4. The van der Waals surface area contributed by atoms with Gasteiger partial charge in [0.05, 0.1) is 5.60 Å². The summed E-state index contributed by atoms with van der Waals surface area (Å²) in [6.45, 7) is 4.35. The van der Waals surface area contributed by atoms with E-state index in [0.29, 0.717) is 0 Å². The van der Waals surface area contributed by atoms with Crippen LogP contribution < -0.4 is 0 Å². The van der Waals surface area contributed by atoms with Gasteiger partial charge in [-0.3, -0.25) is 4.90 Å². The number of hydrogen-bond acceptors (Lipinski definition) is 2. The molecule has 88 valence electrons. The summed E-state index contributed by atoms with van der Waals surface area (Å²) in [5.74, 6) is 0. The molecule has 2 rings (SSSR count). The summed E-state index contributed by atoms with van der Waals surface area (Å²) in [7, 11) is 0. The zero-order chi connectivity index (χ0) is 10.7. The van der Waals surface area contributed by atoms with Gasteiger partial charge in [0, 0.05) is 12.6 Å². The maximum Gasteiger partial charge on any atom is 0.0774 e.